The van der Waals surface area contributed by atoms with Gasteiger partial charge in [0.05, 0.1) is 27.4 Å². The molecule has 4 aromatic rings. The molecule has 11 heteroatoms. The number of nitro groups is 1. The topological polar surface area (TPSA) is 132 Å². The molecule has 0 saturated carbocycles. The first-order valence-corrected chi connectivity index (χ1v) is 11.5. The van der Waals surface area contributed by atoms with Crippen LogP contribution in [0.25, 0.3) is 0 Å². The minimum atomic E-state index is -0.558. The second-order valence-corrected chi connectivity index (χ2v) is 8.66. The maximum Gasteiger partial charge on any atom is 0.269 e. The lowest BCUT2D eigenvalue weighted by atomic mass is 10.1. The molecule has 2 heterocycles. The summed E-state index contributed by atoms with van der Waals surface area (Å²) >= 11 is 1.29. The Labute approximate surface area is 207 Å². The summed E-state index contributed by atoms with van der Waals surface area (Å²) in [6.45, 7) is 1.82. The molecule has 1 N–H and O–H groups in total. The van der Waals surface area contributed by atoms with E-state index in [1.807, 2.05) is 12.3 Å². The maximum absolute atomic E-state index is 13.2. The van der Waals surface area contributed by atoms with Gasteiger partial charge in [-0.05, 0) is 55.5 Å². The Balaban J connectivity index is 1.37. The summed E-state index contributed by atoms with van der Waals surface area (Å²) in [5.41, 5.74) is 1.57. The fourth-order valence-electron chi connectivity index (χ4n) is 3.66. The molecule has 10 nitrogen and oxygen atoms in total. The summed E-state index contributed by atoms with van der Waals surface area (Å²) in [5, 5.41) is 15.8. The molecule has 0 spiro atoms. The largest absolute Gasteiger partial charge is 0.457 e. The summed E-state index contributed by atoms with van der Waals surface area (Å²) in [5.74, 6) is -0.871. The molecule has 3 aromatic carbocycles. The number of rotatable bonds is 6. The number of hydrogen-bond acceptors (Lipinski definition) is 8. The number of hydrogen-bond donors (Lipinski definition) is 1. The average Bonchev–Trinajstić information content (AvgIpc) is 3.39. The molecule has 1 aromatic heterocycles. The number of aryl methyl sites for hydroxylation is 1. The second kappa shape index (κ2) is 9.04. The van der Waals surface area contributed by atoms with Gasteiger partial charge in [-0.3, -0.25) is 29.8 Å². The van der Waals surface area contributed by atoms with Gasteiger partial charge in [0.2, 0.25) is 0 Å². The van der Waals surface area contributed by atoms with Gasteiger partial charge >= 0.3 is 0 Å². The van der Waals surface area contributed by atoms with Crippen LogP contribution in [0.2, 0.25) is 0 Å². The Morgan fingerprint density at radius 3 is 2.42 bits per heavy atom. The number of non-ortho nitro benzene ring substituents is 1. The average molecular weight is 500 g/mol. The zero-order chi connectivity index (χ0) is 25.4. The van der Waals surface area contributed by atoms with E-state index in [-0.39, 0.29) is 33.8 Å². The van der Waals surface area contributed by atoms with Gasteiger partial charge in [0.25, 0.3) is 23.4 Å². The highest BCUT2D eigenvalue weighted by molar-refractivity contribution is 7.13. The number of nitrogens with zero attached hydrogens (tertiary/aromatic N) is 3. The van der Waals surface area contributed by atoms with Crippen molar-refractivity contribution in [1.29, 1.82) is 0 Å². The van der Waals surface area contributed by atoms with Crippen LogP contribution in [0.3, 0.4) is 0 Å². The lowest BCUT2D eigenvalue weighted by Crippen LogP contribution is -2.29. The third-order valence-corrected chi connectivity index (χ3v) is 6.22. The van der Waals surface area contributed by atoms with Crippen LogP contribution in [0.4, 0.5) is 16.5 Å². The van der Waals surface area contributed by atoms with Crippen molar-refractivity contribution in [2.75, 3.05) is 10.2 Å². The zero-order valence-electron chi connectivity index (χ0n) is 18.6. The number of fused-ring (bicyclic) bond motifs is 1. The van der Waals surface area contributed by atoms with Crippen LogP contribution in [0.1, 0.15) is 36.8 Å². The molecule has 178 valence electrons. The SMILES string of the molecule is Cc1csc(NC(=O)c2cccc(N3C(=O)c4ccc(Oc5ccc([N+](=O)[O-])cc5)cc4C3=O)c2)n1. The lowest BCUT2D eigenvalue weighted by molar-refractivity contribution is -0.384. The van der Waals surface area contributed by atoms with E-state index in [1.54, 1.807) is 18.2 Å². The molecule has 0 unspecified atom stereocenters. The smallest absolute Gasteiger partial charge is 0.269 e. The molecule has 0 fully saturated rings. The summed E-state index contributed by atoms with van der Waals surface area (Å²) in [6.07, 6.45) is 0. The van der Waals surface area contributed by atoms with Gasteiger partial charge in [0.15, 0.2) is 5.13 Å². The quantitative estimate of drug-likeness (QED) is 0.218. The van der Waals surface area contributed by atoms with Crippen molar-refractivity contribution in [2.45, 2.75) is 6.92 Å². The fourth-order valence-corrected chi connectivity index (χ4v) is 4.34. The van der Waals surface area contributed by atoms with E-state index < -0.39 is 22.6 Å². The number of thiazole rings is 1. The number of ether oxygens (including phenoxy) is 1. The Morgan fingerprint density at radius 2 is 1.72 bits per heavy atom. The van der Waals surface area contributed by atoms with E-state index in [9.17, 15) is 24.5 Å². The molecule has 0 radical (unpaired) electrons. The van der Waals surface area contributed by atoms with Gasteiger partial charge in [0, 0.05) is 23.1 Å². The van der Waals surface area contributed by atoms with Crippen LogP contribution >= 0.6 is 11.3 Å². The number of nitrogens with one attached hydrogen (secondary N) is 1. The van der Waals surface area contributed by atoms with Crippen molar-refractivity contribution in [3.8, 4) is 11.5 Å². The Morgan fingerprint density at radius 1 is 1.00 bits per heavy atom. The number of imide groups is 1. The molecule has 0 saturated heterocycles. The van der Waals surface area contributed by atoms with Crippen molar-refractivity contribution in [1.82, 2.24) is 4.98 Å². The second-order valence-electron chi connectivity index (χ2n) is 7.80. The number of aromatic nitrogens is 1. The molecule has 0 atom stereocenters. The van der Waals surface area contributed by atoms with Crippen molar-refractivity contribution < 1.29 is 24.0 Å². The van der Waals surface area contributed by atoms with Gasteiger partial charge in [-0.25, -0.2) is 9.88 Å². The zero-order valence-corrected chi connectivity index (χ0v) is 19.4. The minimum absolute atomic E-state index is 0.0783. The minimum Gasteiger partial charge on any atom is -0.457 e. The standard InChI is InChI=1S/C25H16N4O6S/c1-14-13-36-25(26-14)27-22(30)15-3-2-4-17(11-15)28-23(31)20-10-9-19(12-21(20)24(28)32)35-18-7-5-16(6-8-18)29(33)34/h2-13H,1H3,(H,26,27,30). The van der Waals surface area contributed by atoms with Gasteiger partial charge in [0.1, 0.15) is 11.5 Å². The first kappa shape index (κ1) is 22.9. The van der Waals surface area contributed by atoms with Gasteiger partial charge in [-0.1, -0.05) is 6.07 Å². The Bertz CT molecular complexity index is 1550. The molecular formula is C25H16N4O6S. The normalized spacial score (nSPS) is 12.4. The van der Waals surface area contributed by atoms with E-state index in [0.717, 1.165) is 10.6 Å². The Hall–Kier alpha value is -4.90. The van der Waals surface area contributed by atoms with Crippen LogP contribution in [-0.4, -0.2) is 27.6 Å². The molecule has 1 aliphatic rings. The predicted molar refractivity (Wildman–Crippen MR) is 132 cm³/mol. The number of carbonyl (C=O) groups is 3. The van der Waals surface area contributed by atoms with Crippen molar-refractivity contribution >= 4 is 45.6 Å². The molecule has 5 rings (SSSR count). The van der Waals surface area contributed by atoms with Gasteiger partial charge in [-0.15, -0.1) is 11.3 Å². The number of carbonyl (C=O) groups excluding carboxylic acids is 3. The molecule has 3 amide bonds. The highest BCUT2D eigenvalue weighted by atomic mass is 32.1. The summed E-state index contributed by atoms with van der Waals surface area (Å²) < 4.78 is 5.71. The van der Waals surface area contributed by atoms with Crippen molar-refractivity contribution in [3.05, 3.63) is 105 Å². The molecule has 0 aliphatic carbocycles. The third kappa shape index (κ3) is 4.30. The first-order chi connectivity index (χ1) is 17.3. The molecular weight excluding hydrogens is 484 g/mol. The van der Waals surface area contributed by atoms with Crippen molar-refractivity contribution in [3.63, 3.8) is 0 Å². The van der Waals surface area contributed by atoms with E-state index in [0.29, 0.717) is 10.9 Å². The monoisotopic (exact) mass is 500 g/mol. The molecule has 36 heavy (non-hydrogen) atoms. The van der Waals surface area contributed by atoms with Crippen LogP contribution in [-0.2, 0) is 0 Å². The third-order valence-electron chi connectivity index (χ3n) is 5.35. The number of anilines is 2. The highest BCUT2D eigenvalue weighted by Gasteiger charge is 2.37. The van der Waals surface area contributed by atoms with Gasteiger partial charge < -0.3 is 4.74 Å². The lowest BCUT2D eigenvalue weighted by Gasteiger charge is -2.14. The van der Waals surface area contributed by atoms with Crippen LogP contribution in [0.15, 0.2) is 72.1 Å². The van der Waals surface area contributed by atoms with E-state index in [4.69, 9.17) is 4.74 Å². The van der Waals surface area contributed by atoms with Gasteiger partial charge in [-0.2, -0.15) is 0 Å². The summed E-state index contributed by atoms with van der Waals surface area (Å²) in [4.78, 5) is 54.4. The van der Waals surface area contributed by atoms with Crippen LogP contribution in [0, 0.1) is 17.0 Å². The van der Waals surface area contributed by atoms with E-state index in [2.05, 4.69) is 10.3 Å². The van der Waals surface area contributed by atoms with E-state index >= 15 is 0 Å². The first-order valence-electron chi connectivity index (χ1n) is 10.6. The van der Waals surface area contributed by atoms with Crippen molar-refractivity contribution in [2.24, 2.45) is 0 Å². The van der Waals surface area contributed by atoms with Crippen LogP contribution in [0.5, 0.6) is 11.5 Å². The highest BCUT2D eigenvalue weighted by Crippen LogP contribution is 2.33. The Kier molecular flexibility index (Phi) is 5.74. The summed E-state index contributed by atoms with van der Waals surface area (Å²) in [7, 11) is 0. The molecule has 1 aliphatic heterocycles. The van der Waals surface area contributed by atoms with Crippen LogP contribution < -0.4 is 15.0 Å². The predicted octanol–water partition coefficient (Wildman–Crippen LogP) is 5.20. The molecule has 0 bridgehead atoms. The number of nitro benzene ring substituents is 1. The fraction of sp³-hybridized carbons (Fsp3) is 0.0400. The van der Waals surface area contributed by atoms with E-state index in [1.165, 1.54) is 59.9 Å². The maximum atomic E-state index is 13.2. The number of amides is 3. The summed E-state index contributed by atoms with van der Waals surface area (Å²) in [6, 6.07) is 16.1. The number of benzene rings is 3.